The Morgan fingerprint density at radius 2 is 1.63 bits per heavy atom. The van der Waals surface area contributed by atoms with Gasteiger partial charge in [-0.1, -0.05) is 52.3 Å². The molecular weight excluding hydrogens is 225 g/mol. The molecule has 0 unspecified atom stereocenters. The molecule has 0 bridgehead atoms. The van der Waals surface area contributed by atoms with E-state index in [0.717, 1.165) is 13.0 Å². The van der Waals surface area contributed by atoms with Gasteiger partial charge in [-0.25, -0.2) is 19.1 Å². The summed E-state index contributed by atoms with van der Waals surface area (Å²) in [6.07, 6.45) is 4.98. The first-order valence-electron chi connectivity index (χ1n) is 6.88. The van der Waals surface area contributed by atoms with Gasteiger partial charge in [-0.2, -0.15) is 0 Å². The number of anilines is 1. The van der Waals surface area contributed by atoms with Crippen LogP contribution >= 0.6 is 0 Å². The molecule has 1 aromatic rings. The monoisotopic (exact) mass is 251 g/mol. The fraction of sp³-hybridized carbons (Fsp3) is 0.471. The van der Waals surface area contributed by atoms with Crippen molar-refractivity contribution < 1.29 is 18.9 Å². The summed E-state index contributed by atoms with van der Waals surface area (Å²) in [6, 6.07) is 6.64. The number of hydrogen-bond donors (Lipinski definition) is 1. The van der Waals surface area contributed by atoms with Gasteiger partial charge in [0.2, 0.25) is 0 Å². The molecule has 0 aliphatic carbocycles. The third-order valence-electron chi connectivity index (χ3n) is 3.15. The smallest absolute Gasteiger partial charge is 0.386 e. The van der Waals surface area contributed by atoms with Crippen molar-refractivity contribution in [3.8, 4) is 0 Å². The number of rotatable bonds is 6. The van der Waals surface area contributed by atoms with E-state index in [1.165, 1.54) is 16.8 Å². The van der Waals surface area contributed by atoms with E-state index in [-0.39, 0.29) is 18.9 Å². The van der Waals surface area contributed by atoms with Crippen LogP contribution in [0.15, 0.2) is 30.4 Å². The normalized spacial score (nSPS) is 11.1. The first kappa shape index (κ1) is 18.2. The summed E-state index contributed by atoms with van der Waals surface area (Å²) in [7, 11) is 0. The fourth-order valence-corrected chi connectivity index (χ4v) is 2.15. The Morgan fingerprint density at radius 1 is 1.11 bits per heavy atom. The summed E-state index contributed by atoms with van der Waals surface area (Å²) < 4.78 is 0. The van der Waals surface area contributed by atoms with E-state index in [0.29, 0.717) is 11.8 Å². The Balaban J connectivity index is 0.00000324. The summed E-state index contributed by atoms with van der Waals surface area (Å²) in [5.74, 6) is 1.10. The second-order valence-electron chi connectivity index (χ2n) is 5.31. The van der Waals surface area contributed by atoms with Crippen molar-refractivity contribution in [3.05, 3.63) is 48.4 Å². The molecular formula is C17H26LiN. The topological polar surface area (TPSA) is 12.0 Å². The first-order chi connectivity index (χ1) is 8.57. The largest absolute Gasteiger partial charge is 1.00 e. The summed E-state index contributed by atoms with van der Waals surface area (Å²) in [5, 5.41) is 3.60. The van der Waals surface area contributed by atoms with E-state index in [1.54, 1.807) is 0 Å². The van der Waals surface area contributed by atoms with Crippen LogP contribution in [0.1, 0.15) is 57.1 Å². The second-order valence-corrected chi connectivity index (χ2v) is 5.31. The van der Waals surface area contributed by atoms with Gasteiger partial charge >= 0.3 is 18.9 Å². The van der Waals surface area contributed by atoms with Crippen LogP contribution in [-0.4, -0.2) is 6.54 Å². The van der Waals surface area contributed by atoms with Crippen molar-refractivity contribution in [2.24, 2.45) is 0 Å². The standard InChI is InChI=1S/C17H26N.Li/c1-6-7-8-12-18-17-15(13(2)3)10-9-11-16(17)14(4)5;/h6-7,9-11,13-14,18H,1,8,12H2,2-5H3;/q-1;+1. The van der Waals surface area contributed by atoms with E-state index in [4.69, 9.17) is 0 Å². The first-order valence-corrected chi connectivity index (χ1v) is 6.88. The Hall–Kier alpha value is -0.773. The zero-order chi connectivity index (χ0) is 13.5. The summed E-state index contributed by atoms with van der Waals surface area (Å²) in [5.41, 5.74) is 4.17. The van der Waals surface area contributed by atoms with Gasteiger partial charge in [0.05, 0.1) is 0 Å². The quantitative estimate of drug-likeness (QED) is 0.464. The maximum Gasteiger partial charge on any atom is 1.00 e. The van der Waals surface area contributed by atoms with Gasteiger partial charge in [0.15, 0.2) is 0 Å². The average Bonchev–Trinajstić information content (AvgIpc) is 2.34. The van der Waals surface area contributed by atoms with E-state index in [1.807, 2.05) is 6.08 Å². The van der Waals surface area contributed by atoms with Crippen LogP contribution in [0.4, 0.5) is 5.69 Å². The third-order valence-corrected chi connectivity index (χ3v) is 3.15. The molecule has 0 fully saturated rings. The third kappa shape index (κ3) is 5.39. The van der Waals surface area contributed by atoms with E-state index in [2.05, 4.69) is 64.2 Å². The molecule has 0 heterocycles. The van der Waals surface area contributed by atoms with Crippen molar-refractivity contribution >= 4 is 5.69 Å². The van der Waals surface area contributed by atoms with Crippen LogP contribution in [0.5, 0.6) is 0 Å². The zero-order valence-electron chi connectivity index (χ0n) is 13.2. The Morgan fingerprint density at radius 3 is 2.05 bits per heavy atom. The number of hydrogen-bond acceptors (Lipinski definition) is 1. The van der Waals surface area contributed by atoms with Gasteiger partial charge in [-0.15, -0.1) is 0 Å². The molecule has 0 radical (unpaired) electrons. The van der Waals surface area contributed by atoms with Crippen molar-refractivity contribution in [1.29, 1.82) is 0 Å². The van der Waals surface area contributed by atoms with Crippen molar-refractivity contribution in [2.45, 2.75) is 46.0 Å². The average molecular weight is 251 g/mol. The molecule has 0 amide bonds. The van der Waals surface area contributed by atoms with Gasteiger partial charge < -0.3 is 5.32 Å². The summed E-state index contributed by atoms with van der Waals surface area (Å²) in [6.45, 7) is 13.7. The molecule has 0 aliphatic heterocycles. The van der Waals surface area contributed by atoms with Gasteiger partial charge in [0, 0.05) is 12.2 Å². The van der Waals surface area contributed by atoms with Crippen LogP contribution in [0.3, 0.4) is 0 Å². The molecule has 2 heteroatoms. The van der Waals surface area contributed by atoms with Crippen LogP contribution in [0.25, 0.3) is 0 Å². The maximum atomic E-state index is 3.71. The minimum absolute atomic E-state index is 0. The van der Waals surface area contributed by atoms with Crippen LogP contribution in [-0.2, 0) is 0 Å². The van der Waals surface area contributed by atoms with Crippen LogP contribution < -0.4 is 24.2 Å². The molecule has 1 N–H and O–H groups in total. The Bertz CT molecular complexity index is 368. The molecule has 0 saturated carbocycles. The SMILES string of the molecule is [CH2-]C=CCCNc1c(C(C)C)cccc1C(C)C.[Li+]. The number of para-hydroxylation sites is 1. The number of benzene rings is 1. The predicted molar refractivity (Wildman–Crippen MR) is 82.2 cm³/mol. The minimum atomic E-state index is 0. The minimum Gasteiger partial charge on any atom is -0.386 e. The van der Waals surface area contributed by atoms with Gasteiger partial charge in [-0.3, -0.25) is 0 Å². The van der Waals surface area contributed by atoms with E-state index >= 15 is 0 Å². The molecule has 0 aliphatic rings. The molecule has 0 aromatic heterocycles. The van der Waals surface area contributed by atoms with Crippen LogP contribution in [0.2, 0.25) is 0 Å². The molecule has 0 saturated heterocycles. The zero-order valence-corrected chi connectivity index (χ0v) is 13.2. The molecule has 0 spiro atoms. The Labute approximate surface area is 131 Å². The van der Waals surface area contributed by atoms with Crippen LogP contribution in [0, 0.1) is 6.92 Å². The molecule has 1 aromatic carbocycles. The maximum absolute atomic E-state index is 3.71. The second kappa shape index (κ2) is 9.18. The van der Waals surface area contributed by atoms with Gasteiger partial charge in [-0.05, 0) is 23.0 Å². The van der Waals surface area contributed by atoms with Gasteiger partial charge in [0.25, 0.3) is 0 Å². The fourth-order valence-electron chi connectivity index (χ4n) is 2.15. The van der Waals surface area contributed by atoms with Crippen molar-refractivity contribution in [1.82, 2.24) is 0 Å². The molecule has 1 rings (SSSR count). The molecule has 0 atom stereocenters. The van der Waals surface area contributed by atoms with Crippen molar-refractivity contribution in [3.63, 3.8) is 0 Å². The van der Waals surface area contributed by atoms with Crippen molar-refractivity contribution in [2.75, 3.05) is 11.9 Å². The number of allylic oxidation sites excluding steroid dienone is 1. The predicted octanol–water partition coefficient (Wildman–Crippen LogP) is 2.13. The van der Waals surface area contributed by atoms with Gasteiger partial charge in [0.1, 0.15) is 0 Å². The molecule has 1 nitrogen and oxygen atoms in total. The van der Waals surface area contributed by atoms with E-state index in [9.17, 15) is 0 Å². The Kier molecular flexibility index (Phi) is 8.81. The molecule has 19 heavy (non-hydrogen) atoms. The molecule has 100 valence electrons. The van der Waals surface area contributed by atoms with E-state index < -0.39 is 0 Å². The summed E-state index contributed by atoms with van der Waals surface area (Å²) >= 11 is 0. The number of nitrogens with one attached hydrogen (secondary N) is 1. The summed E-state index contributed by atoms with van der Waals surface area (Å²) in [4.78, 5) is 0.